The third-order valence-corrected chi connectivity index (χ3v) is 6.93. The second-order valence-corrected chi connectivity index (χ2v) is 10.2. The van der Waals surface area contributed by atoms with Gasteiger partial charge in [0, 0.05) is 21.9 Å². The number of rotatable bonds is 10. The Bertz CT molecular complexity index is 1160. The first kappa shape index (κ1) is 25.5. The van der Waals surface area contributed by atoms with Crippen LogP contribution in [0, 0.1) is 0 Å². The number of amides is 2. The Labute approximate surface area is 208 Å². The molecule has 1 heterocycles. The van der Waals surface area contributed by atoms with Crippen LogP contribution in [0.1, 0.15) is 41.9 Å². The number of hydrogen-bond donors (Lipinski definition) is 2. The van der Waals surface area contributed by atoms with Crippen LogP contribution in [0.4, 0.5) is 0 Å². The number of aliphatic carboxylic acids is 1. The van der Waals surface area contributed by atoms with Crippen LogP contribution in [-0.2, 0) is 16.0 Å². The van der Waals surface area contributed by atoms with Gasteiger partial charge in [-0.15, -0.1) is 11.3 Å². The molecule has 3 aromatic rings. The standard InChI is InChI=1S/C26H27ClN2O4S/c1-26(2,16-17-8-10-19(27)11-9-17)29(20(25(32)33)12-15-23(28)30)24(31)22-14-13-21(34-22)18-6-4-3-5-7-18/h3-11,13-14,20H,12,15-16H2,1-2H3,(H2,28,30)(H,32,33)/t20-/m0/s1. The van der Waals surface area contributed by atoms with Crippen LogP contribution in [0.2, 0.25) is 5.02 Å². The first-order valence-corrected chi connectivity index (χ1v) is 12.0. The average Bonchev–Trinajstić information content (AvgIpc) is 3.28. The molecule has 1 atom stereocenters. The van der Waals surface area contributed by atoms with Crippen LogP contribution in [0.15, 0.2) is 66.7 Å². The molecule has 1 aromatic heterocycles. The lowest BCUT2D eigenvalue weighted by Crippen LogP contribution is -2.57. The Morgan fingerprint density at radius 2 is 1.68 bits per heavy atom. The molecule has 2 aromatic carbocycles. The summed E-state index contributed by atoms with van der Waals surface area (Å²) in [6.45, 7) is 3.65. The molecule has 178 valence electrons. The maximum absolute atomic E-state index is 13.8. The number of hydrogen-bond acceptors (Lipinski definition) is 4. The number of primary amides is 1. The summed E-state index contributed by atoms with van der Waals surface area (Å²) < 4.78 is 0. The summed E-state index contributed by atoms with van der Waals surface area (Å²) in [5.41, 5.74) is 6.29. The maximum atomic E-state index is 13.8. The molecular weight excluding hydrogens is 472 g/mol. The smallest absolute Gasteiger partial charge is 0.326 e. The highest BCUT2D eigenvalue weighted by Crippen LogP contribution is 2.33. The number of thiophene rings is 1. The topological polar surface area (TPSA) is 101 Å². The molecule has 8 heteroatoms. The number of benzene rings is 2. The minimum absolute atomic E-state index is 0.0721. The van der Waals surface area contributed by atoms with E-state index in [-0.39, 0.29) is 12.8 Å². The highest BCUT2D eigenvalue weighted by molar-refractivity contribution is 7.17. The van der Waals surface area contributed by atoms with E-state index in [2.05, 4.69) is 0 Å². The number of carbonyl (C=O) groups excluding carboxylic acids is 2. The van der Waals surface area contributed by atoms with Gasteiger partial charge in [-0.25, -0.2) is 4.79 Å². The van der Waals surface area contributed by atoms with Gasteiger partial charge in [0.1, 0.15) is 6.04 Å². The fourth-order valence-electron chi connectivity index (χ4n) is 4.00. The normalized spacial score (nSPS) is 12.2. The Morgan fingerprint density at radius 3 is 2.26 bits per heavy atom. The zero-order valence-corrected chi connectivity index (χ0v) is 20.6. The van der Waals surface area contributed by atoms with Crippen LogP contribution >= 0.6 is 22.9 Å². The fourth-order valence-corrected chi connectivity index (χ4v) is 5.07. The Kier molecular flexibility index (Phi) is 8.12. The SMILES string of the molecule is CC(C)(Cc1ccc(Cl)cc1)N(C(=O)c1ccc(-c2ccccc2)s1)[C@@H](CCC(N)=O)C(=O)O. The lowest BCUT2D eigenvalue weighted by molar-refractivity contribution is -0.144. The number of carboxylic acids is 1. The summed E-state index contributed by atoms with van der Waals surface area (Å²) in [6.07, 6.45) is 0.183. The van der Waals surface area contributed by atoms with Crippen LogP contribution in [0.25, 0.3) is 10.4 Å². The lowest BCUT2D eigenvalue weighted by atomic mass is 9.90. The number of nitrogens with zero attached hydrogens (tertiary/aromatic N) is 1. The molecule has 0 saturated heterocycles. The molecule has 6 nitrogen and oxygen atoms in total. The molecule has 0 aliphatic carbocycles. The van der Waals surface area contributed by atoms with Crippen molar-refractivity contribution in [3.63, 3.8) is 0 Å². The zero-order valence-electron chi connectivity index (χ0n) is 19.0. The van der Waals surface area contributed by atoms with Gasteiger partial charge in [-0.05, 0) is 62.1 Å². The predicted molar refractivity (Wildman–Crippen MR) is 135 cm³/mol. The van der Waals surface area contributed by atoms with Gasteiger partial charge < -0.3 is 15.7 Å². The van der Waals surface area contributed by atoms with Gasteiger partial charge in [0.25, 0.3) is 5.91 Å². The number of nitrogens with two attached hydrogens (primary N) is 1. The van der Waals surface area contributed by atoms with Crippen molar-refractivity contribution in [1.29, 1.82) is 0 Å². The van der Waals surface area contributed by atoms with Gasteiger partial charge in [-0.1, -0.05) is 54.1 Å². The second-order valence-electron chi connectivity index (χ2n) is 8.68. The second kappa shape index (κ2) is 10.8. The highest BCUT2D eigenvalue weighted by Gasteiger charge is 2.41. The van der Waals surface area contributed by atoms with Gasteiger partial charge in [0.2, 0.25) is 5.91 Å². The summed E-state index contributed by atoms with van der Waals surface area (Å²) in [5, 5.41) is 10.6. The van der Waals surface area contributed by atoms with Crippen molar-refractivity contribution < 1.29 is 19.5 Å². The summed E-state index contributed by atoms with van der Waals surface area (Å²) in [4.78, 5) is 40.3. The summed E-state index contributed by atoms with van der Waals surface area (Å²) in [7, 11) is 0. The first-order chi connectivity index (χ1) is 16.1. The van der Waals surface area contributed by atoms with E-state index in [0.717, 1.165) is 16.0 Å². The monoisotopic (exact) mass is 498 g/mol. The Balaban J connectivity index is 2.00. The third-order valence-electron chi connectivity index (χ3n) is 5.56. The number of halogens is 1. The lowest BCUT2D eigenvalue weighted by Gasteiger charge is -2.42. The number of carboxylic acid groups (broad SMARTS) is 1. The van der Waals surface area contributed by atoms with Crippen molar-refractivity contribution in [3.8, 4) is 10.4 Å². The molecule has 0 spiro atoms. The van der Waals surface area contributed by atoms with E-state index in [9.17, 15) is 19.5 Å². The molecule has 3 rings (SSSR count). The molecule has 34 heavy (non-hydrogen) atoms. The van der Waals surface area contributed by atoms with Gasteiger partial charge in [0.15, 0.2) is 0 Å². The van der Waals surface area contributed by atoms with E-state index < -0.39 is 29.4 Å². The molecule has 0 radical (unpaired) electrons. The minimum atomic E-state index is -1.22. The van der Waals surface area contributed by atoms with Gasteiger partial charge >= 0.3 is 5.97 Å². The summed E-state index contributed by atoms with van der Waals surface area (Å²) in [6, 6.07) is 19.2. The Morgan fingerprint density at radius 1 is 1.03 bits per heavy atom. The first-order valence-electron chi connectivity index (χ1n) is 10.8. The van der Waals surface area contributed by atoms with E-state index in [1.807, 2.05) is 62.4 Å². The van der Waals surface area contributed by atoms with Crippen molar-refractivity contribution in [3.05, 3.63) is 82.2 Å². The van der Waals surface area contributed by atoms with E-state index in [0.29, 0.717) is 16.3 Å². The van der Waals surface area contributed by atoms with Crippen molar-refractivity contribution >= 4 is 40.7 Å². The molecule has 0 aliphatic rings. The molecule has 3 N–H and O–H groups in total. The highest BCUT2D eigenvalue weighted by atomic mass is 35.5. The van der Waals surface area contributed by atoms with Crippen LogP contribution < -0.4 is 5.73 Å². The molecule has 0 unspecified atom stereocenters. The number of carbonyl (C=O) groups is 3. The van der Waals surface area contributed by atoms with E-state index in [1.165, 1.54) is 16.2 Å². The van der Waals surface area contributed by atoms with Crippen LogP contribution in [0.5, 0.6) is 0 Å². The fraction of sp³-hybridized carbons (Fsp3) is 0.269. The summed E-state index contributed by atoms with van der Waals surface area (Å²) in [5.74, 6) is -2.20. The van der Waals surface area contributed by atoms with Crippen LogP contribution in [0.3, 0.4) is 0 Å². The molecule has 0 aliphatic heterocycles. The van der Waals surface area contributed by atoms with Gasteiger partial charge in [-0.2, -0.15) is 0 Å². The van der Waals surface area contributed by atoms with Gasteiger partial charge in [-0.3, -0.25) is 9.59 Å². The zero-order chi connectivity index (χ0) is 24.9. The predicted octanol–water partition coefficient (Wildman–Crippen LogP) is 5.25. The van der Waals surface area contributed by atoms with E-state index in [4.69, 9.17) is 17.3 Å². The van der Waals surface area contributed by atoms with Crippen LogP contribution in [-0.4, -0.2) is 39.4 Å². The van der Waals surface area contributed by atoms with E-state index in [1.54, 1.807) is 18.2 Å². The largest absolute Gasteiger partial charge is 0.480 e. The summed E-state index contributed by atoms with van der Waals surface area (Å²) >= 11 is 7.31. The quantitative estimate of drug-likeness (QED) is 0.398. The van der Waals surface area contributed by atoms with Crippen molar-refractivity contribution in [1.82, 2.24) is 4.90 Å². The molecule has 0 saturated carbocycles. The molecule has 0 fully saturated rings. The van der Waals surface area contributed by atoms with Crippen molar-refractivity contribution in [2.45, 2.75) is 44.7 Å². The van der Waals surface area contributed by atoms with E-state index >= 15 is 0 Å². The third kappa shape index (κ3) is 6.24. The minimum Gasteiger partial charge on any atom is -0.480 e. The average molecular weight is 499 g/mol. The molecule has 2 amide bonds. The van der Waals surface area contributed by atoms with Crippen molar-refractivity contribution in [2.75, 3.05) is 0 Å². The Hall–Kier alpha value is -3.16. The molecular formula is C26H27ClN2O4S. The molecule has 0 bridgehead atoms. The van der Waals surface area contributed by atoms with Crippen molar-refractivity contribution in [2.24, 2.45) is 5.73 Å². The van der Waals surface area contributed by atoms with Gasteiger partial charge in [0.05, 0.1) is 4.88 Å². The maximum Gasteiger partial charge on any atom is 0.326 e.